The first-order valence-corrected chi connectivity index (χ1v) is 15.9. The Morgan fingerprint density at radius 1 is 1.12 bits per heavy atom. The van der Waals surface area contributed by atoms with Gasteiger partial charge in [-0.05, 0) is 46.6 Å². The van der Waals surface area contributed by atoms with Gasteiger partial charge in [-0.15, -0.1) is 11.3 Å². The molecule has 3 rings (SSSR count). The van der Waals surface area contributed by atoms with E-state index in [9.17, 15) is 9.90 Å². The summed E-state index contributed by atoms with van der Waals surface area (Å²) in [5, 5.41) is 12.3. The third-order valence-electron chi connectivity index (χ3n) is 7.42. The fourth-order valence-corrected chi connectivity index (χ4v) is 8.55. The Labute approximate surface area is 209 Å². The van der Waals surface area contributed by atoms with E-state index in [1.807, 2.05) is 60.4 Å². The summed E-state index contributed by atoms with van der Waals surface area (Å²) >= 11 is 1.81. The lowest BCUT2D eigenvalue weighted by atomic mass is 9.95. The molecule has 0 aliphatic carbocycles. The Morgan fingerprint density at radius 2 is 1.74 bits per heavy atom. The average Bonchev–Trinajstić information content (AvgIpc) is 3.23. The molecule has 0 aliphatic rings. The van der Waals surface area contributed by atoms with Crippen LogP contribution in [-0.4, -0.2) is 44.2 Å². The number of ether oxygens (including phenoxy) is 1. The third kappa shape index (κ3) is 4.95. The van der Waals surface area contributed by atoms with Crippen LogP contribution in [0.2, 0.25) is 18.1 Å². The molecule has 0 saturated heterocycles. The van der Waals surface area contributed by atoms with E-state index in [1.54, 1.807) is 7.11 Å². The van der Waals surface area contributed by atoms with Gasteiger partial charge in [-0.2, -0.15) is 0 Å². The van der Waals surface area contributed by atoms with Crippen molar-refractivity contribution in [3.05, 3.63) is 59.2 Å². The molecule has 4 nitrogen and oxygen atoms in total. The lowest BCUT2D eigenvalue weighted by molar-refractivity contribution is 0.0767. The minimum atomic E-state index is -1.76. The molecule has 1 heterocycles. The number of nitrogens with zero attached hydrogens (tertiary/aromatic N) is 1. The van der Waals surface area contributed by atoms with E-state index in [2.05, 4.69) is 46.0 Å². The summed E-state index contributed by atoms with van der Waals surface area (Å²) < 4.78 is 8.46. The molecule has 0 bridgehead atoms. The quantitative estimate of drug-likeness (QED) is 0.367. The zero-order valence-corrected chi connectivity index (χ0v) is 23.7. The molecule has 0 fully saturated rings. The summed E-state index contributed by atoms with van der Waals surface area (Å²) in [5.74, 6) is 0.588. The Balaban J connectivity index is 2.25. The predicted molar refractivity (Wildman–Crippen MR) is 148 cm³/mol. The fourth-order valence-electron chi connectivity index (χ4n) is 4.16. The monoisotopic (exact) mass is 497 g/mol. The van der Waals surface area contributed by atoms with Gasteiger partial charge in [0.05, 0.1) is 26.9 Å². The van der Waals surface area contributed by atoms with E-state index in [0.29, 0.717) is 30.8 Å². The zero-order valence-electron chi connectivity index (χ0n) is 21.9. The highest BCUT2D eigenvalue weighted by molar-refractivity contribution is 7.32. The summed E-state index contributed by atoms with van der Waals surface area (Å²) in [6.07, 6.45) is -0.349. The second kappa shape index (κ2) is 10.2. The number of carbonyl (C=O) groups excluding carboxylic acids is 1. The van der Waals surface area contributed by atoms with Gasteiger partial charge in [0.15, 0.2) is 0 Å². The third-order valence-corrected chi connectivity index (χ3v) is 15.3. The number of methoxy groups -OCH3 is 1. The number of hydrogen-bond donors (Lipinski definition) is 1. The highest BCUT2D eigenvalue weighted by Crippen LogP contribution is 2.42. The zero-order chi connectivity index (χ0) is 25.3. The number of rotatable bonds is 8. The molecular formula is C28H39NO3SSi. The summed E-state index contributed by atoms with van der Waals surface area (Å²) in [7, 11) is -0.116. The minimum Gasteiger partial charge on any atom is -0.495 e. The van der Waals surface area contributed by atoms with Crippen LogP contribution in [0.1, 0.15) is 62.2 Å². The number of fused-ring (bicyclic) bond motifs is 1. The molecule has 1 atom stereocenters. The van der Waals surface area contributed by atoms with Crippen LogP contribution in [0, 0.1) is 0 Å². The molecule has 1 aromatic heterocycles. The fraction of sp³-hybridized carbons (Fsp3) is 0.464. The van der Waals surface area contributed by atoms with Crippen molar-refractivity contribution in [2.75, 3.05) is 20.2 Å². The molecule has 0 radical (unpaired) electrons. The van der Waals surface area contributed by atoms with Gasteiger partial charge in [0, 0.05) is 29.6 Å². The van der Waals surface area contributed by atoms with Crippen molar-refractivity contribution in [1.82, 2.24) is 4.90 Å². The van der Waals surface area contributed by atoms with Crippen LogP contribution in [0.5, 0.6) is 5.75 Å². The molecule has 2 aromatic carbocycles. The number of benzene rings is 2. The number of aliphatic hydroxyl groups excluding tert-OH is 1. The van der Waals surface area contributed by atoms with Crippen molar-refractivity contribution < 1.29 is 14.6 Å². The van der Waals surface area contributed by atoms with Crippen LogP contribution in [0.15, 0.2) is 42.5 Å². The van der Waals surface area contributed by atoms with Crippen molar-refractivity contribution in [3.63, 3.8) is 0 Å². The van der Waals surface area contributed by atoms with Gasteiger partial charge in [-0.1, -0.05) is 64.2 Å². The molecule has 1 N–H and O–H groups in total. The summed E-state index contributed by atoms with van der Waals surface area (Å²) in [4.78, 5) is 15.5. The lowest BCUT2D eigenvalue weighted by Gasteiger charge is -2.35. The molecule has 1 unspecified atom stereocenters. The standard InChI is InChI=1S/C28H39NO3SSi/c1-9-29(10-2)27(31)25-20(16-22(30)19-14-12-11-13-15-19)17-23-21(26(25)32-6)18-24(33-23)34(7,8)28(3,4)5/h11-15,17-18,22,30H,9-10,16H2,1-8H3. The van der Waals surface area contributed by atoms with Crippen LogP contribution in [0.4, 0.5) is 0 Å². The number of amides is 1. The van der Waals surface area contributed by atoms with E-state index in [0.717, 1.165) is 21.2 Å². The van der Waals surface area contributed by atoms with Crippen molar-refractivity contribution in [3.8, 4) is 5.75 Å². The highest BCUT2D eigenvalue weighted by atomic mass is 32.1. The molecule has 3 aromatic rings. The Hall–Kier alpha value is -2.15. The largest absolute Gasteiger partial charge is 0.495 e. The molecule has 0 saturated carbocycles. The molecular weight excluding hydrogens is 458 g/mol. The van der Waals surface area contributed by atoms with E-state index in [1.165, 1.54) is 4.50 Å². The van der Waals surface area contributed by atoms with Gasteiger partial charge < -0.3 is 14.7 Å². The smallest absolute Gasteiger partial charge is 0.257 e. The molecule has 184 valence electrons. The van der Waals surface area contributed by atoms with Gasteiger partial charge in [-0.3, -0.25) is 4.79 Å². The number of aliphatic hydroxyl groups is 1. The average molecular weight is 498 g/mol. The Kier molecular flexibility index (Phi) is 7.95. The lowest BCUT2D eigenvalue weighted by Crippen LogP contribution is -2.47. The van der Waals surface area contributed by atoms with Crippen LogP contribution in [0.25, 0.3) is 10.1 Å². The Bertz CT molecular complexity index is 1140. The van der Waals surface area contributed by atoms with E-state index < -0.39 is 14.2 Å². The van der Waals surface area contributed by atoms with E-state index in [-0.39, 0.29) is 10.9 Å². The van der Waals surface area contributed by atoms with Crippen molar-refractivity contribution in [2.24, 2.45) is 0 Å². The van der Waals surface area contributed by atoms with Crippen LogP contribution >= 0.6 is 11.3 Å². The minimum absolute atomic E-state index is 0.0425. The normalized spacial score (nSPS) is 13.2. The van der Waals surface area contributed by atoms with Crippen LogP contribution < -0.4 is 9.24 Å². The van der Waals surface area contributed by atoms with E-state index in [4.69, 9.17) is 4.74 Å². The van der Waals surface area contributed by atoms with Crippen molar-refractivity contribution in [1.29, 1.82) is 0 Å². The summed E-state index contributed by atoms with van der Waals surface area (Å²) in [6, 6.07) is 14.0. The summed E-state index contributed by atoms with van der Waals surface area (Å²) in [5.41, 5.74) is 2.26. The van der Waals surface area contributed by atoms with Gasteiger partial charge in [0.2, 0.25) is 0 Å². The maximum Gasteiger partial charge on any atom is 0.257 e. The van der Waals surface area contributed by atoms with E-state index >= 15 is 0 Å². The van der Waals surface area contributed by atoms with Gasteiger partial charge >= 0.3 is 0 Å². The maximum absolute atomic E-state index is 13.7. The highest BCUT2D eigenvalue weighted by Gasteiger charge is 2.39. The number of hydrogen-bond acceptors (Lipinski definition) is 4. The first-order chi connectivity index (χ1) is 16.0. The summed E-state index contributed by atoms with van der Waals surface area (Å²) in [6.45, 7) is 17.0. The second-order valence-electron chi connectivity index (χ2n) is 10.4. The van der Waals surface area contributed by atoms with Crippen LogP contribution in [-0.2, 0) is 6.42 Å². The first-order valence-electron chi connectivity index (χ1n) is 12.1. The van der Waals surface area contributed by atoms with Gasteiger partial charge in [0.25, 0.3) is 5.91 Å². The molecule has 1 amide bonds. The molecule has 0 aliphatic heterocycles. The molecule has 0 spiro atoms. The van der Waals surface area contributed by atoms with Crippen molar-refractivity contribution in [2.45, 2.75) is 65.3 Å². The van der Waals surface area contributed by atoms with Gasteiger partial charge in [0.1, 0.15) is 5.75 Å². The first kappa shape index (κ1) is 26.5. The number of thiophene rings is 1. The molecule has 34 heavy (non-hydrogen) atoms. The Morgan fingerprint density at radius 3 is 2.26 bits per heavy atom. The molecule has 6 heteroatoms. The second-order valence-corrected chi connectivity index (χ2v) is 17.2. The van der Waals surface area contributed by atoms with Crippen molar-refractivity contribution >= 4 is 39.9 Å². The predicted octanol–water partition coefficient (Wildman–Crippen LogP) is 6.38. The topological polar surface area (TPSA) is 49.8 Å². The van der Waals surface area contributed by atoms with Crippen LogP contribution in [0.3, 0.4) is 0 Å². The maximum atomic E-state index is 13.7. The SMILES string of the molecule is CCN(CC)C(=O)c1c(CC(O)c2ccccc2)cc2sc([Si](C)(C)C(C)(C)C)cc2c1OC. The number of carbonyl (C=O) groups is 1. The van der Waals surface area contributed by atoms with Gasteiger partial charge in [-0.25, -0.2) is 0 Å².